The molecule has 2 unspecified atom stereocenters. The van der Waals surface area contributed by atoms with Crippen LogP contribution in [0.5, 0.6) is 0 Å². The lowest BCUT2D eigenvalue weighted by Gasteiger charge is -2.30. The van der Waals surface area contributed by atoms with Gasteiger partial charge < -0.3 is 35.7 Å². The summed E-state index contributed by atoms with van der Waals surface area (Å²) >= 11 is 0. The lowest BCUT2D eigenvalue weighted by Crippen LogP contribution is -3.00. The molecule has 0 aromatic carbocycles. The summed E-state index contributed by atoms with van der Waals surface area (Å²) in [6, 6.07) is 0. The van der Waals surface area contributed by atoms with Crippen molar-refractivity contribution in [2.24, 2.45) is 0 Å². The van der Waals surface area contributed by atoms with Crippen LogP contribution in [0.15, 0.2) is 0 Å². The van der Waals surface area contributed by atoms with Gasteiger partial charge in [0.2, 0.25) is 0 Å². The van der Waals surface area contributed by atoms with Crippen molar-refractivity contribution in [2.45, 2.75) is 25.0 Å². The van der Waals surface area contributed by atoms with Crippen LogP contribution in [0.25, 0.3) is 0 Å². The molecule has 0 aliphatic rings. The largest absolute Gasteiger partial charge is 1.00 e. The number of ether oxygens (including phenoxy) is 2. The molecule has 0 amide bonds. The molecule has 0 N–H and O–H groups in total. The van der Waals surface area contributed by atoms with E-state index in [1.165, 1.54) is 7.11 Å². The van der Waals surface area contributed by atoms with E-state index in [0.29, 0.717) is 15.5 Å². The zero-order valence-corrected chi connectivity index (χ0v) is 17.3. The lowest BCUT2D eigenvalue weighted by atomic mass is 10.2. The number of nitrogens with zero attached hydrogens (tertiary/aromatic N) is 3. The normalized spacial score (nSPS) is 13.8. The van der Waals surface area contributed by atoms with Gasteiger partial charge in [0.05, 0.1) is 62.2 Å². The zero-order chi connectivity index (χ0) is 19.8. The van der Waals surface area contributed by atoms with Crippen LogP contribution in [-0.2, 0) is 23.9 Å². The molecule has 0 aromatic heterocycles. The van der Waals surface area contributed by atoms with E-state index >= 15 is 0 Å². The van der Waals surface area contributed by atoms with E-state index in [4.69, 9.17) is 4.74 Å². The second-order valence-corrected chi connectivity index (χ2v) is 7.99. The molecule has 0 aliphatic heterocycles. The molecule has 0 bridgehead atoms. The Labute approximate surface area is 160 Å². The summed E-state index contributed by atoms with van der Waals surface area (Å²) in [5.74, 6) is -1.14. The van der Waals surface area contributed by atoms with Gasteiger partial charge in [0.25, 0.3) is 5.09 Å². The predicted octanol–water partition coefficient (Wildman–Crippen LogP) is -3.16. The number of likely N-dealkylation sites (N-methyl/N-ethyl adjacent to an activating group) is 2. The molecule has 0 heterocycles. The van der Waals surface area contributed by atoms with Crippen molar-refractivity contribution >= 4 is 11.9 Å². The van der Waals surface area contributed by atoms with E-state index in [0.717, 1.165) is 0 Å². The number of carbonyl (C=O) groups is 2. The average Bonchev–Trinajstić information content (AvgIpc) is 2.32. The van der Waals surface area contributed by atoms with Gasteiger partial charge in [0, 0.05) is 0 Å². The molecule has 154 valence electrons. The molecular weight excluding hydrogens is 370 g/mol. The van der Waals surface area contributed by atoms with E-state index in [1.54, 1.807) is 0 Å². The van der Waals surface area contributed by atoms with E-state index < -0.39 is 29.2 Å². The Morgan fingerprint density at radius 3 is 1.73 bits per heavy atom. The minimum Gasteiger partial charge on any atom is -1.00 e. The molecule has 0 saturated carbocycles. The molecule has 0 rings (SSSR count). The van der Waals surface area contributed by atoms with Crippen molar-refractivity contribution in [3.63, 3.8) is 0 Å². The molecule has 11 heteroatoms. The average molecular weight is 401 g/mol. The fourth-order valence-corrected chi connectivity index (χ4v) is 2.31. The number of methoxy groups -OCH3 is 1. The molecule has 0 saturated heterocycles. The Morgan fingerprint density at radius 2 is 1.35 bits per heavy atom. The van der Waals surface area contributed by atoms with Gasteiger partial charge in [-0.05, 0) is 0 Å². The summed E-state index contributed by atoms with van der Waals surface area (Å²) in [4.78, 5) is 38.9. The fraction of sp³-hybridized carbons (Fsp3) is 0.867. The minimum atomic E-state index is -0.926. The molecule has 0 radical (unpaired) electrons. The summed E-state index contributed by atoms with van der Waals surface area (Å²) in [5.41, 5.74) is 0. The van der Waals surface area contributed by atoms with E-state index in [-0.39, 0.29) is 31.8 Å². The highest BCUT2D eigenvalue weighted by Crippen LogP contribution is 2.11. The standard InChI is InChI=1S/C15H31N3O7.ClH/c1-17(2,3)10-12(8-14(19)23-7)24-15(20)9-13(25-16(21)22)11-18(4,5)6;/h12-13H,8-11H2,1-7H3;1H/q+2;/p-1. The first-order chi connectivity index (χ1) is 11.2. The fourth-order valence-electron chi connectivity index (χ4n) is 2.31. The van der Waals surface area contributed by atoms with Crippen molar-refractivity contribution in [3.8, 4) is 0 Å². The summed E-state index contributed by atoms with van der Waals surface area (Å²) in [6.07, 6.45) is -1.95. The predicted molar refractivity (Wildman–Crippen MR) is 88.8 cm³/mol. The monoisotopic (exact) mass is 400 g/mol. The number of rotatable bonds is 11. The van der Waals surface area contributed by atoms with Gasteiger partial charge in [-0.3, -0.25) is 9.59 Å². The topological polar surface area (TPSA) is 105 Å². The van der Waals surface area contributed by atoms with Gasteiger partial charge in [-0.15, -0.1) is 10.1 Å². The first-order valence-electron chi connectivity index (χ1n) is 7.90. The summed E-state index contributed by atoms with van der Waals surface area (Å²) in [6.45, 7) is 0.657. The summed E-state index contributed by atoms with van der Waals surface area (Å²) < 4.78 is 10.8. The van der Waals surface area contributed by atoms with Crippen molar-refractivity contribution in [1.82, 2.24) is 0 Å². The van der Waals surface area contributed by atoms with Gasteiger partial charge in [-0.2, -0.15) is 0 Å². The molecule has 10 nitrogen and oxygen atoms in total. The van der Waals surface area contributed by atoms with Crippen LogP contribution in [0, 0.1) is 10.1 Å². The second-order valence-electron chi connectivity index (χ2n) is 7.99. The zero-order valence-electron chi connectivity index (χ0n) is 16.6. The molecule has 0 aliphatic carbocycles. The van der Waals surface area contributed by atoms with Gasteiger partial charge >= 0.3 is 11.9 Å². The quantitative estimate of drug-likeness (QED) is 0.156. The van der Waals surface area contributed by atoms with Gasteiger partial charge in [0.15, 0.2) is 12.2 Å². The lowest BCUT2D eigenvalue weighted by molar-refractivity contribution is -0.885. The highest BCUT2D eigenvalue weighted by molar-refractivity contribution is 5.72. The number of hydrogen-bond donors (Lipinski definition) is 0. The Morgan fingerprint density at radius 1 is 0.923 bits per heavy atom. The van der Waals surface area contributed by atoms with Crippen molar-refractivity contribution in [2.75, 3.05) is 62.5 Å². The molecule has 0 fully saturated rings. The SMILES string of the molecule is COC(=O)CC(C[N+](C)(C)C)OC(=O)CC(C[N+](C)(C)C)O[N+](=O)[O-].[Cl-]. The molecule has 0 aromatic rings. The number of halogens is 1. The number of quaternary nitrogens is 2. The maximum absolute atomic E-state index is 12.2. The van der Waals surface area contributed by atoms with Gasteiger partial charge in [-0.1, -0.05) is 0 Å². The van der Waals surface area contributed by atoms with E-state index in [9.17, 15) is 19.7 Å². The van der Waals surface area contributed by atoms with Crippen molar-refractivity contribution < 1.29 is 50.4 Å². The molecule has 26 heavy (non-hydrogen) atoms. The second kappa shape index (κ2) is 11.1. The Bertz CT molecular complexity index is 475. The van der Waals surface area contributed by atoms with Gasteiger partial charge in [-0.25, -0.2) is 0 Å². The van der Waals surface area contributed by atoms with Crippen LogP contribution in [-0.4, -0.2) is 101 Å². The highest BCUT2D eigenvalue weighted by atomic mass is 35.5. The van der Waals surface area contributed by atoms with E-state index in [1.807, 2.05) is 42.3 Å². The Hall–Kier alpha value is -1.65. The van der Waals surface area contributed by atoms with Crippen LogP contribution < -0.4 is 12.4 Å². The third-order valence-corrected chi connectivity index (χ3v) is 3.05. The Kier molecular flexibility index (Phi) is 11.4. The third-order valence-electron chi connectivity index (χ3n) is 3.05. The molecule has 0 spiro atoms. The molecular formula is C15H31ClN3O7+. The van der Waals surface area contributed by atoms with Gasteiger partial charge in [0.1, 0.15) is 13.1 Å². The molecule has 2 atom stereocenters. The maximum atomic E-state index is 12.2. The summed E-state index contributed by atoms with van der Waals surface area (Å²) in [7, 11) is 12.4. The first kappa shape index (κ1) is 26.6. The number of carbonyl (C=O) groups excluding carboxylic acids is 2. The highest BCUT2D eigenvalue weighted by Gasteiger charge is 2.29. The summed E-state index contributed by atoms with van der Waals surface area (Å²) in [5, 5.41) is 9.72. The first-order valence-corrected chi connectivity index (χ1v) is 7.90. The van der Waals surface area contributed by atoms with Crippen LogP contribution >= 0.6 is 0 Å². The maximum Gasteiger partial charge on any atom is 0.309 e. The van der Waals surface area contributed by atoms with Crippen molar-refractivity contribution in [1.29, 1.82) is 0 Å². The van der Waals surface area contributed by atoms with Crippen LogP contribution in [0.3, 0.4) is 0 Å². The third kappa shape index (κ3) is 14.7. The van der Waals surface area contributed by atoms with E-state index in [2.05, 4.69) is 9.57 Å². The van der Waals surface area contributed by atoms with Crippen LogP contribution in [0.2, 0.25) is 0 Å². The number of hydrogen-bond acceptors (Lipinski definition) is 7. The van der Waals surface area contributed by atoms with Crippen LogP contribution in [0.1, 0.15) is 12.8 Å². The Balaban J connectivity index is 0. The minimum absolute atomic E-state index is 0. The smallest absolute Gasteiger partial charge is 0.309 e. The number of esters is 2. The van der Waals surface area contributed by atoms with Crippen LogP contribution in [0.4, 0.5) is 0 Å². The van der Waals surface area contributed by atoms with Crippen molar-refractivity contribution in [3.05, 3.63) is 10.1 Å².